The fraction of sp³-hybridized carbons (Fsp3) is 0.885. The molecule has 0 bridgehead atoms. The zero-order chi connectivity index (χ0) is 23.1. The van der Waals surface area contributed by atoms with Gasteiger partial charge in [-0.3, -0.25) is 9.63 Å². The molecule has 0 unspecified atom stereocenters. The van der Waals surface area contributed by atoms with E-state index in [4.69, 9.17) is 4.84 Å². The largest absolute Gasteiger partial charge is 0.435 e. The van der Waals surface area contributed by atoms with E-state index in [1.165, 1.54) is 32.1 Å². The maximum Gasteiger partial charge on any atom is 0.435 e. The molecule has 0 heterocycles. The predicted molar refractivity (Wildman–Crippen MR) is 126 cm³/mol. The predicted octanol–water partition coefficient (Wildman–Crippen LogP) is 4.88. The Labute approximate surface area is 193 Å². The van der Waals surface area contributed by atoms with Gasteiger partial charge in [0.1, 0.15) is 5.78 Å². The highest BCUT2D eigenvalue weighted by Gasteiger charge is 2.60. The summed E-state index contributed by atoms with van der Waals surface area (Å²) in [5.74, 6) is 3.75. The number of ketones is 1. The van der Waals surface area contributed by atoms with Crippen molar-refractivity contribution in [2.75, 3.05) is 27.2 Å². The van der Waals surface area contributed by atoms with Crippen LogP contribution in [0.3, 0.4) is 0 Å². The monoisotopic (exact) mass is 445 g/mol. The number of carbonyl (C=O) groups is 2. The molecule has 0 aromatic heterocycles. The molecule has 6 nitrogen and oxygen atoms in total. The zero-order valence-electron chi connectivity index (χ0n) is 20.8. The lowest BCUT2D eigenvalue weighted by Gasteiger charge is -2.60. The lowest BCUT2D eigenvalue weighted by molar-refractivity contribution is -0.138. The number of likely N-dealkylation sites (N-methyl/N-ethyl adjacent to an activating group) is 2. The standard InChI is InChI=1S/C26H43N3O3/c1-17(28-32-24(31)29(5)15-14-27-4)21-8-9-22-20-7-6-18-16-19(30)10-12-25(18,2)23(20)11-13-26(21,22)3/h18,20-23,27H,6-16H2,1-5H3/b28-17+/t18-,20+,21-,22+,23+,25+,26-/m1/s1. The van der Waals surface area contributed by atoms with Gasteiger partial charge in [-0.2, -0.15) is 0 Å². The highest BCUT2D eigenvalue weighted by atomic mass is 16.7. The highest BCUT2D eigenvalue weighted by molar-refractivity contribution is 5.85. The first-order valence-corrected chi connectivity index (χ1v) is 12.8. The third-order valence-electron chi connectivity index (χ3n) is 10.3. The van der Waals surface area contributed by atoms with E-state index in [-0.39, 0.29) is 11.5 Å². The number of nitrogens with one attached hydrogen (secondary N) is 1. The van der Waals surface area contributed by atoms with Crippen molar-refractivity contribution < 1.29 is 14.4 Å². The summed E-state index contributed by atoms with van der Waals surface area (Å²) in [6.45, 7) is 8.36. The molecule has 1 N–H and O–H groups in total. The van der Waals surface area contributed by atoms with Crippen molar-refractivity contribution in [1.29, 1.82) is 0 Å². The molecule has 32 heavy (non-hydrogen) atoms. The van der Waals surface area contributed by atoms with Gasteiger partial charge in [0, 0.05) is 38.9 Å². The molecule has 180 valence electrons. The molecule has 4 aliphatic rings. The minimum Gasteiger partial charge on any atom is -0.318 e. The summed E-state index contributed by atoms with van der Waals surface area (Å²) in [6, 6.07) is 0. The van der Waals surface area contributed by atoms with Crippen molar-refractivity contribution in [3.63, 3.8) is 0 Å². The van der Waals surface area contributed by atoms with Crippen molar-refractivity contribution in [1.82, 2.24) is 10.2 Å². The Hall–Kier alpha value is -1.43. The number of hydrogen-bond acceptors (Lipinski definition) is 5. The summed E-state index contributed by atoms with van der Waals surface area (Å²) in [6.07, 6.45) is 9.74. The van der Waals surface area contributed by atoms with Crippen LogP contribution in [0, 0.1) is 40.4 Å². The van der Waals surface area contributed by atoms with Gasteiger partial charge in [-0.25, -0.2) is 4.79 Å². The van der Waals surface area contributed by atoms with E-state index >= 15 is 0 Å². The Kier molecular flexibility index (Phi) is 6.73. The fourth-order valence-electron chi connectivity index (χ4n) is 8.35. The second-order valence-corrected chi connectivity index (χ2v) is 11.7. The van der Waals surface area contributed by atoms with Crippen LogP contribution in [-0.2, 0) is 9.63 Å². The molecule has 0 aromatic carbocycles. The second kappa shape index (κ2) is 9.08. The lowest BCUT2D eigenvalue weighted by Crippen LogP contribution is -2.53. The summed E-state index contributed by atoms with van der Waals surface area (Å²) >= 11 is 0. The number of oxime groups is 1. The molecular weight excluding hydrogens is 402 g/mol. The van der Waals surface area contributed by atoms with E-state index in [0.717, 1.165) is 55.7 Å². The normalized spacial score (nSPS) is 41.5. The van der Waals surface area contributed by atoms with E-state index < -0.39 is 0 Å². The van der Waals surface area contributed by atoms with Gasteiger partial charge in [0.25, 0.3) is 0 Å². The van der Waals surface area contributed by atoms with Gasteiger partial charge in [0.2, 0.25) is 0 Å². The smallest absolute Gasteiger partial charge is 0.318 e. The van der Waals surface area contributed by atoms with Crippen LogP contribution in [0.25, 0.3) is 0 Å². The first kappa shape index (κ1) is 23.7. The van der Waals surface area contributed by atoms with Gasteiger partial charge in [-0.1, -0.05) is 19.0 Å². The van der Waals surface area contributed by atoms with Gasteiger partial charge in [0.05, 0.1) is 5.71 Å². The van der Waals surface area contributed by atoms with E-state index in [1.54, 1.807) is 11.9 Å². The highest BCUT2D eigenvalue weighted by Crippen LogP contribution is 2.67. The number of rotatable bonds is 5. The van der Waals surface area contributed by atoms with E-state index in [9.17, 15) is 9.59 Å². The van der Waals surface area contributed by atoms with Crippen LogP contribution in [0.1, 0.15) is 78.6 Å². The molecule has 0 saturated heterocycles. The van der Waals surface area contributed by atoms with Crippen LogP contribution in [-0.4, -0.2) is 49.7 Å². The summed E-state index contributed by atoms with van der Waals surface area (Å²) in [5.41, 5.74) is 1.58. The molecular formula is C26H43N3O3. The molecule has 4 fully saturated rings. The Bertz CT molecular complexity index is 767. The lowest BCUT2D eigenvalue weighted by atomic mass is 9.44. The molecule has 4 rings (SSSR count). The van der Waals surface area contributed by atoms with Gasteiger partial charge in [0.15, 0.2) is 0 Å². The van der Waals surface area contributed by atoms with E-state index in [2.05, 4.69) is 31.2 Å². The molecule has 6 heteroatoms. The van der Waals surface area contributed by atoms with Gasteiger partial charge < -0.3 is 10.2 Å². The number of carbonyl (C=O) groups excluding carboxylic acids is 2. The van der Waals surface area contributed by atoms with Crippen molar-refractivity contribution in [3.8, 4) is 0 Å². The molecule has 0 radical (unpaired) electrons. The number of nitrogens with zero attached hydrogens (tertiary/aromatic N) is 2. The topological polar surface area (TPSA) is 71.0 Å². The zero-order valence-corrected chi connectivity index (χ0v) is 20.8. The third-order valence-corrected chi connectivity index (χ3v) is 10.3. The second-order valence-electron chi connectivity index (χ2n) is 11.7. The molecule has 0 aromatic rings. The Morgan fingerprint density at radius 2 is 1.88 bits per heavy atom. The Morgan fingerprint density at radius 3 is 2.62 bits per heavy atom. The minimum atomic E-state index is -0.388. The van der Waals surface area contributed by atoms with Crippen LogP contribution in [0.2, 0.25) is 0 Å². The molecule has 4 saturated carbocycles. The summed E-state index contributed by atoms with van der Waals surface area (Å²) in [4.78, 5) is 31.3. The average Bonchev–Trinajstić information content (AvgIpc) is 3.13. The SMILES string of the molecule is CNCCN(C)C(=O)O/N=C(\C)[C@H]1CC[C@H]2[C@@H]3CC[C@@H]4CC(=O)CC[C@]4(C)[C@H]3CC[C@]12C. The van der Waals surface area contributed by atoms with Crippen LogP contribution in [0.4, 0.5) is 4.79 Å². The van der Waals surface area contributed by atoms with Crippen LogP contribution >= 0.6 is 0 Å². The van der Waals surface area contributed by atoms with Crippen LogP contribution in [0.15, 0.2) is 5.16 Å². The maximum absolute atomic E-state index is 12.3. The van der Waals surface area contributed by atoms with Crippen molar-refractivity contribution in [3.05, 3.63) is 0 Å². The Morgan fingerprint density at radius 1 is 1.12 bits per heavy atom. The third kappa shape index (κ3) is 4.01. The van der Waals surface area contributed by atoms with E-state index in [0.29, 0.717) is 29.6 Å². The quantitative estimate of drug-likeness (QED) is 0.372. The minimum absolute atomic E-state index is 0.243. The van der Waals surface area contributed by atoms with Crippen molar-refractivity contribution in [2.45, 2.75) is 78.6 Å². The number of Topliss-reactive ketones (excluding diaryl/α,β-unsaturated/α-hetero) is 1. The molecule has 7 atom stereocenters. The molecule has 4 aliphatic carbocycles. The van der Waals surface area contributed by atoms with Crippen LogP contribution in [0.5, 0.6) is 0 Å². The van der Waals surface area contributed by atoms with Crippen LogP contribution < -0.4 is 5.32 Å². The van der Waals surface area contributed by atoms with Gasteiger partial charge in [-0.05, 0) is 93.4 Å². The summed E-state index contributed by atoms with van der Waals surface area (Å²) < 4.78 is 0. The van der Waals surface area contributed by atoms with E-state index in [1.807, 2.05) is 7.05 Å². The molecule has 1 amide bonds. The average molecular weight is 446 g/mol. The molecule has 0 aliphatic heterocycles. The molecule has 0 spiro atoms. The summed E-state index contributed by atoms with van der Waals surface area (Å²) in [7, 11) is 3.61. The first-order valence-electron chi connectivity index (χ1n) is 12.8. The maximum atomic E-state index is 12.3. The fourth-order valence-corrected chi connectivity index (χ4v) is 8.35. The van der Waals surface area contributed by atoms with Crippen molar-refractivity contribution in [2.24, 2.45) is 45.6 Å². The Balaban J connectivity index is 1.45. The number of amides is 1. The van der Waals surface area contributed by atoms with Gasteiger partial charge in [-0.15, -0.1) is 0 Å². The number of hydrogen-bond donors (Lipinski definition) is 1. The van der Waals surface area contributed by atoms with Gasteiger partial charge >= 0.3 is 6.09 Å². The van der Waals surface area contributed by atoms with Crippen molar-refractivity contribution >= 4 is 17.6 Å². The first-order chi connectivity index (χ1) is 15.2. The number of fused-ring (bicyclic) bond motifs is 5. The summed E-state index contributed by atoms with van der Waals surface area (Å²) in [5, 5.41) is 7.37.